The Balaban J connectivity index is 1.78. The molecule has 0 aliphatic carbocycles. The van der Waals surface area contributed by atoms with Crippen molar-refractivity contribution in [3.05, 3.63) is 0 Å². The number of aliphatic hydroxyl groups excluding tert-OH is 11. The zero-order chi connectivity index (χ0) is 25.3. The van der Waals surface area contributed by atoms with Gasteiger partial charge in [0, 0.05) is 0 Å². The lowest BCUT2D eigenvalue weighted by Crippen LogP contribution is -2.66. The summed E-state index contributed by atoms with van der Waals surface area (Å²) in [6.07, 6.45) is -25.4. The maximum absolute atomic E-state index is 10.8. The molecule has 3 rings (SSSR count). The Hall–Kier alpha value is -0.640. The van der Waals surface area contributed by atoms with E-state index in [0.717, 1.165) is 0 Å². The van der Waals surface area contributed by atoms with Gasteiger partial charge in [-0.2, -0.15) is 0 Å². The highest BCUT2D eigenvalue weighted by molar-refractivity contribution is 4.96. The van der Waals surface area contributed by atoms with Crippen LogP contribution in [0.2, 0.25) is 0 Å². The van der Waals surface area contributed by atoms with E-state index in [1.807, 2.05) is 0 Å². The van der Waals surface area contributed by atoms with E-state index in [2.05, 4.69) is 0 Å². The Morgan fingerprint density at radius 2 is 0.941 bits per heavy atom. The molecule has 0 spiro atoms. The standard InChI is InChI=1S/C18H32O16/c19-1-4-7(22)9(24)12(27)17(31-4)34-15-8(23)5(2-20)32-18(13(15)28)33-14-6(3-21)30-16(29)11(26)10(14)25/h4-29H,1-3H2/t4-,5-,6-,7+,8+,9+,10-,11-,12-,13-,14+,15+,16?,17?,18?/m1/s1. The molecule has 3 unspecified atom stereocenters. The molecule has 15 atom stereocenters. The average Bonchev–Trinajstić information content (AvgIpc) is 2.83. The minimum absolute atomic E-state index is 0.759. The van der Waals surface area contributed by atoms with Gasteiger partial charge in [0.1, 0.15) is 73.2 Å². The van der Waals surface area contributed by atoms with Gasteiger partial charge in [-0.25, -0.2) is 0 Å². The van der Waals surface area contributed by atoms with Crippen LogP contribution in [0.3, 0.4) is 0 Å². The van der Waals surface area contributed by atoms with E-state index < -0.39 is 112 Å². The molecule has 16 nitrogen and oxygen atoms in total. The lowest BCUT2D eigenvalue weighted by molar-refractivity contribution is -0.378. The van der Waals surface area contributed by atoms with Crippen molar-refractivity contribution in [2.45, 2.75) is 92.1 Å². The molecule has 0 radical (unpaired) electrons. The van der Waals surface area contributed by atoms with Crippen LogP contribution in [0, 0.1) is 0 Å². The van der Waals surface area contributed by atoms with Crippen LogP contribution < -0.4 is 0 Å². The first kappa shape index (κ1) is 27.9. The van der Waals surface area contributed by atoms with Crippen LogP contribution in [0.25, 0.3) is 0 Å². The van der Waals surface area contributed by atoms with Crippen molar-refractivity contribution < 1.29 is 79.9 Å². The van der Waals surface area contributed by atoms with E-state index in [1.54, 1.807) is 0 Å². The summed E-state index contributed by atoms with van der Waals surface area (Å²) >= 11 is 0. The predicted octanol–water partition coefficient (Wildman–Crippen LogP) is -7.57. The Morgan fingerprint density at radius 3 is 1.50 bits per heavy atom. The van der Waals surface area contributed by atoms with Gasteiger partial charge >= 0.3 is 0 Å². The first-order valence-electron chi connectivity index (χ1n) is 10.6. The van der Waals surface area contributed by atoms with Crippen LogP contribution in [-0.4, -0.2) is 168 Å². The van der Waals surface area contributed by atoms with Crippen molar-refractivity contribution in [2.75, 3.05) is 19.8 Å². The summed E-state index contributed by atoms with van der Waals surface area (Å²) in [5, 5.41) is 109. The van der Waals surface area contributed by atoms with Gasteiger partial charge in [0.05, 0.1) is 19.8 Å². The largest absolute Gasteiger partial charge is 0.394 e. The molecule has 16 heteroatoms. The first-order chi connectivity index (χ1) is 16.0. The van der Waals surface area contributed by atoms with E-state index in [4.69, 9.17) is 23.7 Å². The summed E-state index contributed by atoms with van der Waals surface area (Å²) < 4.78 is 26.4. The highest BCUT2D eigenvalue weighted by atomic mass is 16.7. The molecular weight excluding hydrogens is 472 g/mol. The lowest BCUT2D eigenvalue weighted by Gasteiger charge is -2.47. The second kappa shape index (κ2) is 11.6. The number of rotatable bonds is 7. The molecule has 11 N–H and O–H groups in total. The molecule has 200 valence electrons. The molecule has 0 bridgehead atoms. The summed E-state index contributed by atoms with van der Waals surface area (Å²) in [5.41, 5.74) is 0. The molecule has 3 aliphatic rings. The highest BCUT2D eigenvalue weighted by Crippen LogP contribution is 2.32. The minimum Gasteiger partial charge on any atom is -0.394 e. The van der Waals surface area contributed by atoms with Crippen LogP contribution in [-0.2, 0) is 23.7 Å². The van der Waals surface area contributed by atoms with Crippen LogP contribution in [0.5, 0.6) is 0 Å². The van der Waals surface area contributed by atoms with Crippen LogP contribution in [0.4, 0.5) is 0 Å². The summed E-state index contributed by atoms with van der Waals surface area (Å²) in [6, 6.07) is 0. The monoisotopic (exact) mass is 504 g/mol. The predicted molar refractivity (Wildman–Crippen MR) is 101 cm³/mol. The molecule has 3 fully saturated rings. The van der Waals surface area contributed by atoms with Gasteiger partial charge in [-0.1, -0.05) is 0 Å². The number of aliphatic hydroxyl groups is 11. The number of hydrogen-bond acceptors (Lipinski definition) is 16. The fraction of sp³-hybridized carbons (Fsp3) is 1.00. The highest BCUT2D eigenvalue weighted by Gasteiger charge is 2.53. The summed E-state index contributed by atoms with van der Waals surface area (Å²) in [7, 11) is 0. The third kappa shape index (κ3) is 5.37. The van der Waals surface area contributed by atoms with Gasteiger partial charge in [-0.15, -0.1) is 0 Å². The quantitative estimate of drug-likeness (QED) is 0.154. The van der Waals surface area contributed by atoms with E-state index in [-0.39, 0.29) is 0 Å². The minimum atomic E-state index is -1.90. The maximum Gasteiger partial charge on any atom is 0.187 e. The van der Waals surface area contributed by atoms with Gasteiger partial charge in [0.25, 0.3) is 0 Å². The van der Waals surface area contributed by atoms with Crippen LogP contribution in [0.15, 0.2) is 0 Å². The lowest BCUT2D eigenvalue weighted by atomic mass is 9.96. The molecule has 0 aromatic heterocycles. The Bertz CT molecular complexity index is 637. The zero-order valence-electron chi connectivity index (χ0n) is 17.7. The zero-order valence-corrected chi connectivity index (χ0v) is 17.7. The van der Waals surface area contributed by atoms with E-state index in [9.17, 15) is 56.2 Å². The maximum atomic E-state index is 10.8. The molecule has 0 saturated carbocycles. The third-order valence-electron chi connectivity index (χ3n) is 6.09. The topological polar surface area (TPSA) is 269 Å². The summed E-state index contributed by atoms with van der Waals surface area (Å²) in [4.78, 5) is 0. The fourth-order valence-corrected chi connectivity index (χ4v) is 4.05. The van der Waals surface area contributed by atoms with Crippen molar-refractivity contribution in [2.24, 2.45) is 0 Å². The molecule has 34 heavy (non-hydrogen) atoms. The van der Waals surface area contributed by atoms with Crippen molar-refractivity contribution in [1.82, 2.24) is 0 Å². The average molecular weight is 504 g/mol. The third-order valence-corrected chi connectivity index (χ3v) is 6.09. The Kier molecular flexibility index (Phi) is 9.54. The van der Waals surface area contributed by atoms with Crippen molar-refractivity contribution >= 4 is 0 Å². The summed E-state index contributed by atoms with van der Waals surface area (Å²) in [6.45, 7) is -2.34. The van der Waals surface area contributed by atoms with Crippen molar-refractivity contribution in [1.29, 1.82) is 0 Å². The molecule has 3 heterocycles. The normalized spacial score (nSPS) is 52.5. The molecule has 3 saturated heterocycles. The second-order valence-corrected chi connectivity index (χ2v) is 8.33. The van der Waals surface area contributed by atoms with E-state index in [0.29, 0.717) is 0 Å². The Morgan fingerprint density at radius 1 is 0.441 bits per heavy atom. The fourth-order valence-electron chi connectivity index (χ4n) is 4.05. The van der Waals surface area contributed by atoms with Crippen LogP contribution >= 0.6 is 0 Å². The number of hydrogen-bond donors (Lipinski definition) is 11. The summed E-state index contributed by atoms with van der Waals surface area (Å²) in [5.74, 6) is 0. The molecule has 0 aromatic rings. The smallest absolute Gasteiger partial charge is 0.187 e. The number of ether oxygens (including phenoxy) is 5. The SMILES string of the molecule is OC[C@H]1OC(O[C@H]2[C@@H](O)[C@@H](CO)OC(O[C@@H]3[C@H](O)[C@@H](O)C(O)O[C@@H]3CO)[C@@H]2O)[C@H](O)[C@@H](O)[C@H]1O. The molecule has 0 aromatic carbocycles. The van der Waals surface area contributed by atoms with Crippen LogP contribution in [0.1, 0.15) is 0 Å². The van der Waals surface area contributed by atoms with Gasteiger partial charge in [-0.3, -0.25) is 0 Å². The first-order valence-corrected chi connectivity index (χ1v) is 10.6. The van der Waals surface area contributed by atoms with E-state index in [1.165, 1.54) is 0 Å². The van der Waals surface area contributed by atoms with Gasteiger partial charge < -0.3 is 79.9 Å². The Labute approximate surface area is 192 Å². The van der Waals surface area contributed by atoms with E-state index >= 15 is 0 Å². The second-order valence-electron chi connectivity index (χ2n) is 8.33. The van der Waals surface area contributed by atoms with Gasteiger partial charge in [0.15, 0.2) is 18.9 Å². The van der Waals surface area contributed by atoms with Gasteiger partial charge in [0.2, 0.25) is 0 Å². The van der Waals surface area contributed by atoms with Crippen molar-refractivity contribution in [3.8, 4) is 0 Å². The van der Waals surface area contributed by atoms with Crippen molar-refractivity contribution in [3.63, 3.8) is 0 Å². The molecule has 3 aliphatic heterocycles. The van der Waals surface area contributed by atoms with Gasteiger partial charge in [-0.05, 0) is 0 Å². The molecular formula is C18H32O16. The molecule has 0 amide bonds.